The molecule has 1 atom stereocenters. The number of aryl methyl sites for hydroxylation is 2. The van der Waals surface area contributed by atoms with Crippen LogP contribution >= 0.6 is 11.6 Å². The minimum Gasteiger partial charge on any atom is -0.481 e. The molecule has 0 aromatic heterocycles. The summed E-state index contributed by atoms with van der Waals surface area (Å²) in [4.78, 5) is 24.2. The monoisotopic (exact) mass is 375 g/mol. The highest BCUT2D eigenvalue weighted by Crippen LogP contribution is 2.26. The fraction of sp³-hybridized carbons (Fsp3) is 0.300. The maximum Gasteiger partial charge on any atom is 0.338 e. The Morgan fingerprint density at radius 1 is 1.15 bits per heavy atom. The second-order valence-corrected chi connectivity index (χ2v) is 6.30. The van der Waals surface area contributed by atoms with Gasteiger partial charge < -0.3 is 14.8 Å². The van der Waals surface area contributed by atoms with Gasteiger partial charge in [0.25, 0.3) is 5.91 Å². The summed E-state index contributed by atoms with van der Waals surface area (Å²) in [5, 5.41) is 3.43. The highest BCUT2D eigenvalue weighted by molar-refractivity contribution is 6.32. The SMILES string of the molecule is CCOC(=O)c1cccc(NC(=O)[C@H](C)Oc2cc(C)c(Cl)c(C)c2)c1. The van der Waals surface area contributed by atoms with Crippen molar-refractivity contribution in [2.75, 3.05) is 11.9 Å². The number of nitrogens with one attached hydrogen (secondary N) is 1. The minimum absolute atomic E-state index is 0.292. The number of amides is 1. The Morgan fingerprint density at radius 2 is 1.81 bits per heavy atom. The van der Waals surface area contributed by atoms with E-state index in [0.29, 0.717) is 28.6 Å². The number of esters is 1. The summed E-state index contributed by atoms with van der Waals surface area (Å²) in [6, 6.07) is 10.2. The molecule has 1 N–H and O–H groups in total. The Labute approximate surface area is 158 Å². The van der Waals surface area contributed by atoms with Gasteiger partial charge in [0.05, 0.1) is 12.2 Å². The Hall–Kier alpha value is -2.53. The second kappa shape index (κ2) is 8.72. The van der Waals surface area contributed by atoms with Gasteiger partial charge in [-0.2, -0.15) is 0 Å². The van der Waals surface area contributed by atoms with Crippen LogP contribution in [0.2, 0.25) is 5.02 Å². The number of anilines is 1. The number of ether oxygens (including phenoxy) is 2. The van der Waals surface area contributed by atoms with E-state index >= 15 is 0 Å². The lowest BCUT2D eigenvalue weighted by molar-refractivity contribution is -0.122. The van der Waals surface area contributed by atoms with Gasteiger partial charge in [0.15, 0.2) is 6.10 Å². The molecule has 1 amide bonds. The van der Waals surface area contributed by atoms with Gasteiger partial charge in [0, 0.05) is 10.7 Å². The van der Waals surface area contributed by atoms with Crippen molar-refractivity contribution >= 4 is 29.2 Å². The molecule has 2 aromatic rings. The molecule has 0 aliphatic heterocycles. The van der Waals surface area contributed by atoms with Gasteiger partial charge in [-0.3, -0.25) is 4.79 Å². The molecule has 2 aromatic carbocycles. The number of benzene rings is 2. The molecule has 6 heteroatoms. The summed E-state index contributed by atoms with van der Waals surface area (Å²) in [7, 11) is 0. The van der Waals surface area contributed by atoms with Gasteiger partial charge in [0.2, 0.25) is 0 Å². The summed E-state index contributed by atoms with van der Waals surface area (Å²) < 4.78 is 10.7. The molecule has 5 nitrogen and oxygen atoms in total. The maximum absolute atomic E-state index is 12.4. The average Bonchev–Trinajstić information content (AvgIpc) is 2.60. The molecular formula is C20H22ClNO4. The van der Waals surface area contributed by atoms with Gasteiger partial charge in [-0.25, -0.2) is 4.79 Å². The molecule has 0 bridgehead atoms. The molecule has 0 radical (unpaired) electrons. The first kappa shape index (κ1) is 19.8. The third-order valence-electron chi connectivity index (χ3n) is 3.73. The zero-order chi connectivity index (χ0) is 19.3. The maximum atomic E-state index is 12.4. The Balaban J connectivity index is 2.05. The Morgan fingerprint density at radius 3 is 2.42 bits per heavy atom. The van der Waals surface area contributed by atoms with Gasteiger partial charge in [-0.15, -0.1) is 0 Å². The third kappa shape index (κ3) is 4.99. The average molecular weight is 376 g/mol. The fourth-order valence-electron chi connectivity index (χ4n) is 2.41. The Bertz CT molecular complexity index is 796. The predicted octanol–water partition coefficient (Wildman–Crippen LogP) is 4.54. The standard InChI is InChI=1S/C20H22ClNO4/c1-5-25-20(24)15-7-6-8-16(11-15)22-19(23)14(4)26-17-9-12(2)18(21)13(3)10-17/h6-11,14H,5H2,1-4H3,(H,22,23)/t14-/m0/s1. The molecule has 26 heavy (non-hydrogen) atoms. The van der Waals surface area contributed by atoms with Crippen molar-refractivity contribution in [2.45, 2.75) is 33.8 Å². The number of hydrogen-bond donors (Lipinski definition) is 1. The topological polar surface area (TPSA) is 64.6 Å². The molecule has 0 fully saturated rings. The quantitative estimate of drug-likeness (QED) is 0.753. The first-order valence-electron chi connectivity index (χ1n) is 8.33. The summed E-state index contributed by atoms with van der Waals surface area (Å²) in [6.45, 7) is 7.45. The van der Waals surface area contributed by atoms with Crippen LogP contribution in [0.1, 0.15) is 35.3 Å². The number of carbonyl (C=O) groups excluding carboxylic acids is 2. The summed E-state index contributed by atoms with van der Waals surface area (Å²) in [5.74, 6) is -0.177. The molecule has 0 aliphatic carbocycles. The number of carbonyl (C=O) groups is 2. The van der Waals surface area contributed by atoms with E-state index < -0.39 is 12.1 Å². The molecule has 0 aliphatic rings. The van der Waals surface area contributed by atoms with Crippen LogP contribution in [-0.4, -0.2) is 24.6 Å². The van der Waals surface area contributed by atoms with E-state index in [9.17, 15) is 9.59 Å². The third-order valence-corrected chi connectivity index (χ3v) is 4.33. The van der Waals surface area contributed by atoms with Crippen LogP contribution in [0.5, 0.6) is 5.75 Å². The van der Waals surface area contributed by atoms with Gasteiger partial charge in [-0.05, 0) is 69.2 Å². The highest BCUT2D eigenvalue weighted by atomic mass is 35.5. The lowest BCUT2D eigenvalue weighted by Crippen LogP contribution is -2.30. The number of hydrogen-bond acceptors (Lipinski definition) is 4. The van der Waals surface area contributed by atoms with E-state index in [-0.39, 0.29) is 5.91 Å². The van der Waals surface area contributed by atoms with Crippen LogP contribution in [0.3, 0.4) is 0 Å². The lowest BCUT2D eigenvalue weighted by Gasteiger charge is -2.16. The molecule has 2 rings (SSSR count). The van der Waals surface area contributed by atoms with Gasteiger partial charge >= 0.3 is 5.97 Å². The van der Waals surface area contributed by atoms with Crippen LogP contribution in [0.15, 0.2) is 36.4 Å². The van der Waals surface area contributed by atoms with E-state index in [1.165, 1.54) is 0 Å². The molecular weight excluding hydrogens is 354 g/mol. The van der Waals surface area contributed by atoms with Crippen LogP contribution in [0, 0.1) is 13.8 Å². The van der Waals surface area contributed by atoms with Crippen molar-refractivity contribution in [2.24, 2.45) is 0 Å². The van der Waals surface area contributed by atoms with Crippen LogP contribution in [-0.2, 0) is 9.53 Å². The van der Waals surface area contributed by atoms with Crippen LogP contribution < -0.4 is 10.1 Å². The zero-order valence-corrected chi connectivity index (χ0v) is 16.0. The van der Waals surface area contributed by atoms with E-state index in [1.807, 2.05) is 13.8 Å². The molecule has 0 unspecified atom stereocenters. The smallest absolute Gasteiger partial charge is 0.338 e. The first-order chi connectivity index (χ1) is 12.3. The number of rotatable bonds is 6. The first-order valence-corrected chi connectivity index (χ1v) is 8.71. The summed E-state index contributed by atoms with van der Waals surface area (Å²) in [6.07, 6.45) is -0.721. The van der Waals surface area contributed by atoms with E-state index in [2.05, 4.69) is 5.32 Å². The van der Waals surface area contributed by atoms with Gasteiger partial charge in [-0.1, -0.05) is 17.7 Å². The second-order valence-electron chi connectivity index (χ2n) is 5.92. The van der Waals surface area contributed by atoms with Crippen molar-refractivity contribution in [3.05, 3.63) is 58.1 Å². The largest absolute Gasteiger partial charge is 0.481 e. The number of halogens is 1. The highest BCUT2D eigenvalue weighted by Gasteiger charge is 2.17. The van der Waals surface area contributed by atoms with Crippen molar-refractivity contribution in [3.63, 3.8) is 0 Å². The molecule has 138 valence electrons. The Kier molecular flexibility index (Phi) is 6.64. The van der Waals surface area contributed by atoms with Crippen molar-refractivity contribution in [1.29, 1.82) is 0 Å². The molecule has 0 heterocycles. The molecule has 0 spiro atoms. The van der Waals surface area contributed by atoms with Crippen LogP contribution in [0.4, 0.5) is 5.69 Å². The normalized spacial score (nSPS) is 11.6. The van der Waals surface area contributed by atoms with Gasteiger partial charge in [0.1, 0.15) is 5.75 Å². The fourth-order valence-corrected chi connectivity index (χ4v) is 2.52. The van der Waals surface area contributed by atoms with E-state index in [4.69, 9.17) is 21.1 Å². The molecule has 0 saturated carbocycles. The van der Waals surface area contributed by atoms with Crippen molar-refractivity contribution in [1.82, 2.24) is 0 Å². The van der Waals surface area contributed by atoms with Crippen LogP contribution in [0.25, 0.3) is 0 Å². The minimum atomic E-state index is -0.721. The van der Waals surface area contributed by atoms with Crippen molar-refractivity contribution in [3.8, 4) is 5.75 Å². The lowest BCUT2D eigenvalue weighted by atomic mass is 10.1. The van der Waals surface area contributed by atoms with E-state index in [1.54, 1.807) is 50.2 Å². The zero-order valence-electron chi connectivity index (χ0n) is 15.3. The van der Waals surface area contributed by atoms with Crippen molar-refractivity contribution < 1.29 is 19.1 Å². The summed E-state index contributed by atoms with van der Waals surface area (Å²) in [5.41, 5.74) is 2.65. The summed E-state index contributed by atoms with van der Waals surface area (Å²) >= 11 is 6.15. The predicted molar refractivity (Wildman–Crippen MR) is 102 cm³/mol. The molecule has 0 saturated heterocycles. The van der Waals surface area contributed by atoms with E-state index in [0.717, 1.165) is 11.1 Å².